The van der Waals surface area contributed by atoms with Gasteiger partial charge >= 0.3 is 5.97 Å². The highest BCUT2D eigenvalue weighted by molar-refractivity contribution is 5.93. The van der Waals surface area contributed by atoms with Crippen molar-refractivity contribution in [3.05, 3.63) is 41.2 Å². The number of rotatable bonds is 3. The van der Waals surface area contributed by atoms with Gasteiger partial charge in [0.2, 0.25) is 5.91 Å². The van der Waals surface area contributed by atoms with Crippen molar-refractivity contribution in [2.24, 2.45) is 5.73 Å². The van der Waals surface area contributed by atoms with Crippen LogP contribution in [0.2, 0.25) is 0 Å². The molecular formula is C10H8FNO3. The van der Waals surface area contributed by atoms with Gasteiger partial charge in [0.1, 0.15) is 5.82 Å². The normalized spacial score (nSPS) is 10.5. The van der Waals surface area contributed by atoms with E-state index < -0.39 is 17.7 Å². The predicted molar refractivity (Wildman–Crippen MR) is 51.6 cm³/mol. The minimum absolute atomic E-state index is 0.0416. The summed E-state index contributed by atoms with van der Waals surface area (Å²) in [6.07, 6.45) is 1.91. The molecule has 0 bridgehead atoms. The first kappa shape index (κ1) is 10.9. The number of hydrogen-bond acceptors (Lipinski definition) is 2. The summed E-state index contributed by atoms with van der Waals surface area (Å²) in [5, 5.41) is 8.33. The maximum atomic E-state index is 13.2. The van der Waals surface area contributed by atoms with Gasteiger partial charge in [0.15, 0.2) is 0 Å². The Bertz CT molecular complexity index is 440. The van der Waals surface area contributed by atoms with E-state index in [0.29, 0.717) is 0 Å². The first-order chi connectivity index (χ1) is 7.00. The second-order valence-corrected chi connectivity index (χ2v) is 2.77. The Morgan fingerprint density at radius 3 is 2.53 bits per heavy atom. The molecule has 0 aromatic heterocycles. The van der Waals surface area contributed by atoms with E-state index in [9.17, 15) is 14.0 Å². The minimum atomic E-state index is -1.17. The summed E-state index contributed by atoms with van der Waals surface area (Å²) in [4.78, 5) is 20.8. The van der Waals surface area contributed by atoms with Gasteiger partial charge in [-0.3, -0.25) is 4.79 Å². The van der Waals surface area contributed by atoms with E-state index in [4.69, 9.17) is 10.8 Å². The second kappa shape index (κ2) is 4.36. The fourth-order valence-electron chi connectivity index (χ4n) is 0.977. The standard InChI is InChI=1S/C10H8FNO3/c11-8-5-7(10(12)15)2-1-6(8)3-4-9(13)14/h1-5H,(H2,12,15)(H,13,14)/b4-3+. The molecule has 1 amide bonds. The zero-order chi connectivity index (χ0) is 11.4. The molecule has 1 aromatic rings. The number of primary amides is 1. The first-order valence-corrected chi connectivity index (χ1v) is 4.01. The molecule has 0 saturated heterocycles. The van der Waals surface area contributed by atoms with Gasteiger partial charge in [-0.1, -0.05) is 6.07 Å². The van der Waals surface area contributed by atoms with Gasteiger partial charge in [-0.15, -0.1) is 0 Å². The Morgan fingerprint density at radius 1 is 1.40 bits per heavy atom. The molecule has 3 N–H and O–H groups in total. The molecule has 1 aromatic carbocycles. The number of carbonyl (C=O) groups excluding carboxylic acids is 1. The largest absolute Gasteiger partial charge is 0.478 e. The number of carboxylic acid groups (broad SMARTS) is 1. The molecule has 0 atom stereocenters. The van der Waals surface area contributed by atoms with E-state index >= 15 is 0 Å². The molecule has 4 nitrogen and oxygen atoms in total. The Morgan fingerprint density at radius 2 is 2.07 bits per heavy atom. The second-order valence-electron chi connectivity index (χ2n) is 2.77. The van der Waals surface area contributed by atoms with Crippen LogP contribution in [0.3, 0.4) is 0 Å². The molecule has 1 rings (SSSR count). The van der Waals surface area contributed by atoms with Gasteiger partial charge < -0.3 is 10.8 Å². The molecule has 15 heavy (non-hydrogen) atoms. The number of hydrogen-bond donors (Lipinski definition) is 2. The zero-order valence-corrected chi connectivity index (χ0v) is 7.61. The third kappa shape index (κ3) is 2.91. The lowest BCUT2D eigenvalue weighted by Crippen LogP contribution is -2.11. The van der Waals surface area contributed by atoms with Crippen molar-refractivity contribution >= 4 is 18.0 Å². The molecule has 0 spiro atoms. The molecule has 0 aliphatic heterocycles. The Balaban J connectivity index is 3.03. The van der Waals surface area contributed by atoms with Crippen LogP contribution in [0.25, 0.3) is 6.08 Å². The van der Waals surface area contributed by atoms with Crippen LogP contribution in [0.5, 0.6) is 0 Å². The van der Waals surface area contributed by atoms with Gasteiger partial charge in [-0.25, -0.2) is 9.18 Å². The van der Waals surface area contributed by atoms with Crippen LogP contribution < -0.4 is 5.73 Å². The highest BCUT2D eigenvalue weighted by atomic mass is 19.1. The van der Waals surface area contributed by atoms with Gasteiger partial charge in [0.05, 0.1) is 0 Å². The average molecular weight is 209 g/mol. The molecule has 0 saturated carbocycles. The van der Waals surface area contributed by atoms with Crippen molar-refractivity contribution in [1.29, 1.82) is 0 Å². The molecular weight excluding hydrogens is 201 g/mol. The zero-order valence-electron chi connectivity index (χ0n) is 7.61. The fourth-order valence-corrected chi connectivity index (χ4v) is 0.977. The SMILES string of the molecule is NC(=O)c1ccc(/C=C/C(=O)O)c(F)c1. The molecule has 0 heterocycles. The summed E-state index contributed by atoms with van der Waals surface area (Å²) in [5.74, 6) is -2.60. The van der Waals surface area contributed by atoms with Crippen LogP contribution in [-0.4, -0.2) is 17.0 Å². The summed E-state index contributed by atoms with van der Waals surface area (Å²) in [6, 6.07) is 3.58. The molecule has 0 unspecified atom stereocenters. The van der Waals surface area contributed by atoms with Crippen LogP contribution >= 0.6 is 0 Å². The smallest absolute Gasteiger partial charge is 0.328 e. The molecule has 0 aliphatic carbocycles. The fraction of sp³-hybridized carbons (Fsp3) is 0. The van der Waals surface area contributed by atoms with Gasteiger partial charge in [0.25, 0.3) is 0 Å². The number of nitrogens with two attached hydrogens (primary N) is 1. The first-order valence-electron chi connectivity index (χ1n) is 4.01. The lowest BCUT2D eigenvalue weighted by Gasteiger charge is -1.98. The van der Waals surface area contributed by atoms with Crippen LogP contribution in [0.4, 0.5) is 4.39 Å². The van der Waals surface area contributed by atoms with E-state index in [2.05, 4.69) is 0 Å². The number of benzene rings is 1. The summed E-state index contributed by atoms with van der Waals surface area (Å²) < 4.78 is 13.2. The van der Waals surface area contributed by atoms with E-state index in [1.807, 2.05) is 0 Å². The molecule has 0 fully saturated rings. The lowest BCUT2D eigenvalue weighted by atomic mass is 10.1. The Kier molecular flexibility index (Phi) is 3.17. The summed E-state index contributed by atoms with van der Waals surface area (Å²) >= 11 is 0. The Labute approximate surface area is 84.8 Å². The Hall–Kier alpha value is -2.17. The average Bonchev–Trinajstić information content (AvgIpc) is 2.15. The maximum absolute atomic E-state index is 13.2. The molecule has 0 radical (unpaired) electrons. The number of carbonyl (C=O) groups is 2. The molecule has 5 heteroatoms. The minimum Gasteiger partial charge on any atom is -0.478 e. The van der Waals surface area contributed by atoms with Crippen molar-refractivity contribution in [2.75, 3.05) is 0 Å². The maximum Gasteiger partial charge on any atom is 0.328 e. The summed E-state index contributed by atoms with van der Waals surface area (Å²) in [5.41, 5.74) is 5.06. The summed E-state index contributed by atoms with van der Waals surface area (Å²) in [7, 11) is 0. The highest BCUT2D eigenvalue weighted by Crippen LogP contribution is 2.11. The quantitative estimate of drug-likeness (QED) is 0.729. The van der Waals surface area contributed by atoms with Crippen molar-refractivity contribution in [3.8, 4) is 0 Å². The number of carboxylic acids is 1. The van der Waals surface area contributed by atoms with E-state index in [1.54, 1.807) is 0 Å². The van der Waals surface area contributed by atoms with Crippen LogP contribution in [0, 0.1) is 5.82 Å². The van der Waals surface area contributed by atoms with Crippen molar-refractivity contribution in [1.82, 2.24) is 0 Å². The third-order valence-corrected chi connectivity index (χ3v) is 1.69. The topological polar surface area (TPSA) is 80.4 Å². The van der Waals surface area contributed by atoms with Gasteiger partial charge in [-0.05, 0) is 18.2 Å². The number of amides is 1. The van der Waals surface area contributed by atoms with Crippen LogP contribution in [-0.2, 0) is 4.79 Å². The molecule has 0 aliphatic rings. The van der Waals surface area contributed by atoms with Gasteiger partial charge in [0, 0.05) is 17.2 Å². The lowest BCUT2D eigenvalue weighted by molar-refractivity contribution is -0.131. The van der Waals surface area contributed by atoms with Crippen LogP contribution in [0.1, 0.15) is 15.9 Å². The van der Waals surface area contributed by atoms with Crippen molar-refractivity contribution < 1.29 is 19.1 Å². The highest BCUT2D eigenvalue weighted by Gasteiger charge is 2.04. The van der Waals surface area contributed by atoms with Crippen LogP contribution in [0.15, 0.2) is 24.3 Å². The van der Waals surface area contributed by atoms with E-state index in [-0.39, 0.29) is 11.1 Å². The summed E-state index contributed by atoms with van der Waals surface area (Å²) in [6.45, 7) is 0. The monoisotopic (exact) mass is 209 g/mol. The third-order valence-electron chi connectivity index (χ3n) is 1.69. The predicted octanol–water partition coefficient (Wildman–Crippen LogP) is 1.02. The number of halogens is 1. The molecule has 78 valence electrons. The van der Waals surface area contributed by atoms with E-state index in [0.717, 1.165) is 18.2 Å². The van der Waals surface area contributed by atoms with Crippen molar-refractivity contribution in [2.45, 2.75) is 0 Å². The van der Waals surface area contributed by atoms with Crippen molar-refractivity contribution in [3.63, 3.8) is 0 Å². The number of aliphatic carboxylic acids is 1. The van der Waals surface area contributed by atoms with E-state index in [1.165, 1.54) is 12.1 Å². The van der Waals surface area contributed by atoms with Gasteiger partial charge in [-0.2, -0.15) is 0 Å².